The van der Waals surface area contributed by atoms with Crippen molar-refractivity contribution in [3.63, 3.8) is 0 Å². The molecule has 0 aliphatic heterocycles. The SMILES string of the molecule is O=CNC(C(=O)O)c1cccc(F)c1Br. The maximum Gasteiger partial charge on any atom is 0.330 e. The van der Waals surface area contributed by atoms with Crippen molar-refractivity contribution < 1.29 is 19.1 Å². The van der Waals surface area contributed by atoms with Crippen LogP contribution in [0.3, 0.4) is 0 Å². The van der Waals surface area contributed by atoms with Crippen LogP contribution < -0.4 is 5.32 Å². The minimum Gasteiger partial charge on any atom is -0.479 e. The quantitative estimate of drug-likeness (QED) is 0.818. The maximum atomic E-state index is 13.1. The molecule has 0 bridgehead atoms. The molecule has 15 heavy (non-hydrogen) atoms. The number of hydrogen-bond donors (Lipinski definition) is 2. The van der Waals surface area contributed by atoms with Crippen molar-refractivity contribution in [3.8, 4) is 0 Å². The van der Waals surface area contributed by atoms with Crippen LogP contribution in [-0.4, -0.2) is 17.5 Å². The summed E-state index contributed by atoms with van der Waals surface area (Å²) in [6, 6.07) is 2.72. The standard InChI is InChI=1S/C9H7BrFNO3/c10-7-5(2-1-3-6(7)11)8(9(14)15)12-4-13/h1-4,8H,(H,12,13)(H,14,15). The fraction of sp³-hybridized carbons (Fsp3) is 0.111. The summed E-state index contributed by atoms with van der Waals surface area (Å²) in [5.74, 6) is -1.83. The molecule has 1 atom stereocenters. The Kier molecular flexibility index (Phi) is 3.79. The topological polar surface area (TPSA) is 66.4 Å². The molecule has 0 heterocycles. The van der Waals surface area contributed by atoms with Gasteiger partial charge < -0.3 is 10.4 Å². The summed E-state index contributed by atoms with van der Waals surface area (Å²) in [5.41, 5.74) is 0.162. The van der Waals surface area contributed by atoms with Crippen molar-refractivity contribution in [2.24, 2.45) is 0 Å². The number of hydrogen-bond acceptors (Lipinski definition) is 2. The van der Waals surface area contributed by atoms with E-state index >= 15 is 0 Å². The molecule has 6 heteroatoms. The molecule has 4 nitrogen and oxygen atoms in total. The third-order valence-corrected chi connectivity index (χ3v) is 2.61. The van der Waals surface area contributed by atoms with Gasteiger partial charge in [-0.25, -0.2) is 9.18 Å². The Morgan fingerprint density at radius 3 is 2.80 bits per heavy atom. The number of carbonyl (C=O) groups excluding carboxylic acids is 1. The van der Waals surface area contributed by atoms with Crippen molar-refractivity contribution in [2.45, 2.75) is 6.04 Å². The summed E-state index contributed by atoms with van der Waals surface area (Å²) in [4.78, 5) is 21.0. The molecule has 1 aromatic carbocycles. The Morgan fingerprint density at radius 2 is 2.27 bits per heavy atom. The largest absolute Gasteiger partial charge is 0.479 e. The van der Waals surface area contributed by atoms with E-state index in [0.29, 0.717) is 0 Å². The molecular weight excluding hydrogens is 269 g/mol. The summed E-state index contributed by atoms with van der Waals surface area (Å²) < 4.78 is 13.1. The van der Waals surface area contributed by atoms with Crippen LogP contribution in [0.15, 0.2) is 22.7 Å². The summed E-state index contributed by atoms with van der Waals surface area (Å²) in [5, 5.41) is 10.9. The molecule has 1 unspecified atom stereocenters. The summed E-state index contributed by atoms with van der Waals surface area (Å²) in [7, 11) is 0. The van der Waals surface area contributed by atoms with E-state index in [0.717, 1.165) is 0 Å². The lowest BCUT2D eigenvalue weighted by atomic mass is 10.1. The van der Waals surface area contributed by atoms with E-state index in [1.165, 1.54) is 18.2 Å². The van der Waals surface area contributed by atoms with E-state index in [2.05, 4.69) is 21.2 Å². The van der Waals surface area contributed by atoms with Crippen LogP contribution in [0, 0.1) is 5.82 Å². The molecule has 1 rings (SSSR count). The number of carboxylic acids is 1. The maximum absolute atomic E-state index is 13.1. The first-order valence-electron chi connectivity index (χ1n) is 3.94. The Hall–Kier alpha value is -1.43. The number of carboxylic acid groups (broad SMARTS) is 1. The second kappa shape index (κ2) is 4.88. The summed E-state index contributed by atoms with van der Waals surface area (Å²) in [6.07, 6.45) is 0.260. The van der Waals surface area contributed by atoms with Crippen LogP contribution in [0.4, 0.5) is 4.39 Å². The zero-order valence-electron chi connectivity index (χ0n) is 7.41. The second-order valence-corrected chi connectivity index (χ2v) is 3.49. The Balaban J connectivity index is 3.16. The molecular formula is C9H7BrFNO3. The van der Waals surface area contributed by atoms with E-state index in [-0.39, 0.29) is 16.4 Å². The fourth-order valence-electron chi connectivity index (χ4n) is 1.11. The lowest BCUT2D eigenvalue weighted by molar-refractivity contribution is -0.140. The molecule has 1 aromatic rings. The van der Waals surface area contributed by atoms with Gasteiger partial charge in [0.15, 0.2) is 6.04 Å². The number of halogens is 2. The first kappa shape index (κ1) is 11.6. The van der Waals surface area contributed by atoms with Crippen LogP contribution in [0.2, 0.25) is 0 Å². The van der Waals surface area contributed by atoms with Gasteiger partial charge in [0.25, 0.3) is 0 Å². The highest BCUT2D eigenvalue weighted by atomic mass is 79.9. The number of aliphatic carboxylic acids is 1. The smallest absolute Gasteiger partial charge is 0.330 e. The van der Waals surface area contributed by atoms with Crippen LogP contribution in [0.25, 0.3) is 0 Å². The van der Waals surface area contributed by atoms with Gasteiger partial charge in [-0.1, -0.05) is 12.1 Å². The molecule has 80 valence electrons. The second-order valence-electron chi connectivity index (χ2n) is 2.70. The number of benzene rings is 1. The molecule has 0 aromatic heterocycles. The lowest BCUT2D eigenvalue weighted by Crippen LogP contribution is -2.27. The predicted octanol–water partition coefficient (Wildman–Crippen LogP) is 1.46. The van der Waals surface area contributed by atoms with Gasteiger partial charge in [-0.3, -0.25) is 4.79 Å². The molecule has 0 spiro atoms. The minimum atomic E-state index is -1.26. The summed E-state index contributed by atoms with van der Waals surface area (Å²) in [6.45, 7) is 0. The van der Waals surface area contributed by atoms with Gasteiger partial charge >= 0.3 is 5.97 Å². The van der Waals surface area contributed by atoms with Crippen LogP contribution >= 0.6 is 15.9 Å². The van der Waals surface area contributed by atoms with Crippen LogP contribution in [0.1, 0.15) is 11.6 Å². The van der Waals surface area contributed by atoms with E-state index in [4.69, 9.17) is 5.11 Å². The molecule has 0 saturated heterocycles. The van der Waals surface area contributed by atoms with Gasteiger partial charge in [0.2, 0.25) is 6.41 Å². The van der Waals surface area contributed by atoms with Gasteiger partial charge in [0.1, 0.15) is 5.82 Å². The van der Waals surface area contributed by atoms with E-state index in [1.54, 1.807) is 0 Å². The average molecular weight is 276 g/mol. The molecule has 0 radical (unpaired) electrons. The highest BCUT2D eigenvalue weighted by Crippen LogP contribution is 2.26. The number of nitrogens with one attached hydrogen (secondary N) is 1. The van der Waals surface area contributed by atoms with Crippen molar-refractivity contribution in [1.82, 2.24) is 5.32 Å². The van der Waals surface area contributed by atoms with Gasteiger partial charge in [0.05, 0.1) is 4.47 Å². The minimum absolute atomic E-state index is 0.0340. The Morgan fingerprint density at radius 1 is 1.60 bits per heavy atom. The average Bonchev–Trinajstić information content (AvgIpc) is 2.19. The Bertz CT molecular complexity index is 397. The molecule has 0 aliphatic rings. The van der Waals surface area contributed by atoms with Crippen LogP contribution in [0.5, 0.6) is 0 Å². The van der Waals surface area contributed by atoms with Gasteiger partial charge in [0, 0.05) is 5.56 Å². The highest BCUT2D eigenvalue weighted by Gasteiger charge is 2.22. The Labute approximate surface area is 93.2 Å². The molecule has 1 amide bonds. The van der Waals surface area contributed by atoms with Gasteiger partial charge in [-0.05, 0) is 22.0 Å². The molecule has 0 saturated carbocycles. The molecule has 0 aliphatic carbocycles. The zero-order chi connectivity index (χ0) is 11.4. The third kappa shape index (κ3) is 2.53. The van der Waals surface area contributed by atoms with Crippen molar-refractivity contribution in [3.05, 3.63) is 34.1 Å². The monoisotopic (exact) mass is 275 g/mol. The van der Waals surface area contributed by atoms with Gasteiger partial charge in [-0.2, -0.15) is 0 Å². The van der Waals surface area contributed by atoms with E-state index in [9.17, 15) is 14.0 Å². The molecule has 2 N–H and O–H groups in total. The number of carbonyl (C=O) groups is 2. The summed E-state index contributed by atoms with van der Waals surface area (Å²) >= 11 is 2.92. The van der Waals surface area contributed by atoms with Crippen molar-refractivity contribution in [1.29, 1.82) is 0 Å². The van der Waals surface area contributed by atoms with Crippen molar-refractivity contribution in [2.75, 3.05) is 0 Å². The predicted molar refractivity (Wildman–Crippen MR) is 53.7 cm³/mol. The molecule has 0 fully saturated rings. The fourth-order valence-corrected chi connectivity index (χ4v) is 1.60. The lowest BCUT2D eigenvalue weighted by Gasteiger charge is -2.13. The highest BCUT2D eigenvalue weighted by molar-refractivity contribution is 9.10. The van der Waals surface area contributed by atoms with Gasteiger partial charge in [-0.15, -0.1) is 0 Å². The normalized spacial score (nSPS) is 11.9. The van der Waals surface area contributed by atoms with E-state index < -0.39 is 17.8 Å². The number of amides is 1. The van der Waals surface area contributed by atoms with Crippen LogP contribution in [-0.2, 0) is 9.59 Å². The third-order valence-electron chi connectivity index (χ3n) is 1.77. The first-order valence-corrected chi connectivity index (χ1v) is 4.73. The zero-order valence-corrected chi connectivity index (χ0v) is 8.99. The number of rotatable bonds is 4. The van der Waals surface area contributed by atoms with E-state index in [1.807, 2.05) is 0 Å². The van der Waals surface area contributed by atoms with Crippen molar-refractivity contribution >= 4 is 28.3 Å². The first-order chi connectivity index (χ1) is 7.07.